The quantitative estimate of drug-likeness (QED) is 0.247. The van der Waals surface area contributed by atoms with Crippen molar-refractivity contribution in [1.82, 2.24) is 19.9 Å². The minimum absolute atomic E-state index is 0.102. The number of halogens is 5. The second-order valence-corrected chi connectivity index (χ2v) is 7.60. The van der Waals surface area contributed by atoms with Gasteiger partial charge in [0.05, 0.1) is 18.4 Å². The molecule has 0 spiro atoms. The van der Waals surface area contributed by atoms with Gasteiger partial charge in [0.15, 0.2) is 0 Å². The number of aromatic amines is 1. The molecule has 0 saturated heterocycles. The van der Waals surface area contributed by atoms with Gasteiger partial charge < -0.3 is 14.5 Å². The number of methoxy groups -OCH3 is 1. The number of hydrogen-bond donors (Lipinski definition) is 1. The molecule has 0 aliphatic carbocycles. The Morgan fingerprint density at radius 1 is 1.06 bits per heavy atom. The number of hydrogen-bond acceptors (Lipinski definition) is 5. The van der Waals surface area contributed by atoms with Crippen molar-refractivity contribution in [2.45, 2.75) is 12.8 Å². The van der Waals surface area contributed by atoms with Crippen LogP contribution in [0.2, 0.25) is 0 Å². The zero-order chi connectivity index (χ0) is 23.6. The van der Waals surface area contributed by atoms with E-state index in [9.17, 15) is 17.6 Å². The summed E-state index contributed by atoms with van der Waals surface area (Å²) >= 11 is 3.41. The number of ether oxygens (including phenoxy) is 2. The summed E-state index contributed by atoms with van der Waals surface area (Å²) in [6.07, 6.45) is -1.04. The number of alkyl halides is 3. The molecule has 4 rings (SSSR count). The third-order valence-electron chi connectivity index (χ3n) is 4.63. The van der Waals surface area contributed by atoms with Crippen molar-refractivity contribution in [3.63, 3.8) is 0 Å². The third kappa shape index (κ3) is 5.14. The van der Waals surface area contributed by atoms with Crippen molar-refractivity contribution in [3.05, 3.63) is 76.7 Å². The fraction of sp³-hybridized carbons (Fsp3) is 0.136. The molecule has 0 amide bonds. The molecule has 0 fully saturated rings. The van der Waals surface area contributed by atoms with Gasteiger partial charge in [-0.05, 0) is 46.3 Å². The molecular weight excluding hydrogens is 508 g/mol. The summed E-state index contributed by atoms with van der Waals surface area (Å²) in [5, 5.41) is 0. The number of benzene rings is 1. The van der Waals surface area contributed by atoms with E-state index in [-0.39, 0.29) is 12.2 Å². The van der Waals surface area contributed by atoms with E-state index in [1.54, 1.807) is 24.3 Å². The van der Waals surface area contributed by atoms with Gasteiger partial charge in [-0.25, -0.2) is 9.97 Å². The molecular formula is C22H15BrF4N4O2. The Morgan fingerprint density at radius 2 is 1.88 bits per heavy atom. The van der Waals surface area contributed by atoms with Crippen LogP contribution in [-0.2, 0) is 12.8 Å². The standard InChI is InChI=1S/C22H15BrF4N4O2/c1-32-17-7-15(33-11-12-6-14(10-28-8-12)22(25,26)27)3-4-16(17)19-20(23)31-21(30-19)13-2-5-18(24)29-9-13/h2-10H,11H2,1H3,(H,30,31). The van der Waals surface area contributed by atoms with Crippen LogP contribution in [0.1, 0.15) is 11.1 Å². The van der Waals surface area contributed by atoms with E-state index in [4.69, 9.17) is 9.47 Å². The van der Waals surface area contributed by atoms with E-state index in [1.165, 1.54) is 25.6 Å². The van der Waals surface area contributed by atoms with Gasteiger partial charge in [-0.3, -0.25) is 4.98 Å². The van der Waals surface area contributed by atoms with E-state index >= 15 is 0 Å². The van der Waals surface area contributed by atoms with Gasteiger partial charge in [0.1, 0.15) is 28.5 Å². The highest BCUT2D eigenvalue weighted by Gasteiger charge is 2.31. The Hall–Kier alpha value is -3.47. The summed E-state index contributed by atoms with van der Waals surface area (Å²) in [6.45, 7) is -0.102. The summed E-state index contributed by atoms with van der Waals surface area (Å²) in [4.78, 5) is 14.8. The number of nitrogens with zero attached hydrogens (tertiary/aromatic N) is 3. The van der Waals surface area contributed by atoms with Crippen LogP contribution in [-0.4, -0.2) is 27.0 Å². The zero-order valence-electron chi connectivity index (χ0n) is 17.0. The molecule has 4 aromatic rings. The molecule has 11 heteroatoms. The number of aromatic nitrogens is 4. The largest absolute Gasteiger partial charge is 0.496 e. The van der Waals surface area contributed by atoms with Gasteiger partial charge in [0.2, 0.25) is 5.95 Å². The Labute approximate surface area is 193 Å². The van der Waals surface area contributed by atoms with Crippen LogP contribution in [0.15, 0.2) is 59.6 Å². The van der Waals surface area contributed by atoms with Gasteiger partial charge >= 0.3 is 6.18 Å². The lowest BCUT2D eigenvalue weighted by Crippen LogP contribution is -2.07. The maximum absolute atomic E-state index is 13.1. The van der Waals surface area contributed by atoms with Crippen molar-refractivity contribution in [1.29, 1.82) is 0 Å². The highest BCUT2D eigenvalue weighted by atomic mass is 79.9. The number of rotatable bonds is 6. The second kappa shape index (κ2) is 9.18. The molecule has 1 N–H and O–H groups in total. The first-order valence-electron chi connectivity index (χ1n) is 9.44. The molecule has 0 atom stereocenters. The first-order valence-corrected chi connectivity index (χ1v) is 10.2. The lowest BCUT2D eigenvalue weighted by atomic mass is 10.1. The third-order valence-corrected chi connectivity index (χ3v) is 5.20. The average Bonchev–Trinajstić information content (AvgIpc) is 3.19. The molecule has 0 radical (unpaired) electrons. The smallest absolute Gasteiger partial charge is 0.417 e. The summed E-state index contributed by atoms with van der Waals surface area (Å²) in [5.74, 6) is 0.723. The maximum atomic E-state index is 13.1. The summed E-state index contributed by atoms with van der Waals surface area (Å²) < 4.78 is 63.3. The highest BCUT2D eigenvalue weighted by Crippen LogP contribution is 2.37. The zero-order valence-corrected chi connectivity index (χ0v) is 18.5. The van der Waals surface area contributed by atoms with Gasteiger partial charge in [-0.1, -0.05) is 0 Å². The minimum Gasteiger partial charge on any atom is -0.496 e. The molecule has 0 saturated carbocycles. The van der Waals surface area contributed by atoms with Gasteiger partial charge in [-0.2, -0.15) is 17.6 Å². The van der Waals surface area contributed by atoms with Crippen molar-refractivity contribution in [3.8, 4) is 34.1 Å². The summed E-state index contributed by atoms with van der Waals surface area (Å²) in [7, 11) is 1.48. The molecule has 3 aromatic heterocycles. The normalized spacial score (nSPS) is 11.5. The number of H-pyrrole nitrogens is 1. The molecule has 0 bridgehead atoms. The Morgan fingerprint density at radius 3 is 2.58 bits per heavy atom. The van der Waals surface area contributed by atoms with Gasteiger partial charge in [0.25, 0.3) is 0 Å². The number of imidazole rings is 1. The van der Waals surface area contributed by atoms with Crippen LogP contribution >= 0.6 is 15.9 Å². The number of nitrogens with one attached hydrogen (secondary N) is 1. The number of pyridine rings is 2. The molecule has 0 aliphatic heterocycles. The van der Waals surface area contributed by atoms with E-state index < -0.39 is 17.7 Å². The van der Waals surface area contributed by atoms with Crippen molar-refractivity contribution >= 4 is 15.9 Å². The maximum Gasteiger partial charge on any atom is 0.417 e. The first-order chi connectivity index (χ1) is 15.7. The van der Waals surface area contributed by atoms with Crippen LogP contribution in [0.4, 0.5) is 17.6 Å². The van der Waals surface area contributed by atoms with Crippen LogP contribution in [0.25, 0.3) is 22.6 Å². The molecule has 3 heterocycles. The molecule has 6 nitrogen and oxygen atoms in total. The summed E-state index contributed by atoms with van der Waals surface area (Å²) in [5.41, 5.74) is 1.30. The van der Waals surface area contributed by atoms with E-state index in [0.29, 0.717) is 38.7 Å². The lowest BCUT2D eigenvalue weighted by molar-refractivity contribution is -0.137. The molecule has 33 heavy (non-hydrogen) atoms. The van der Waals surface area contributed by atoms with Crippen LogP contribution in [0.3, 0.4) is 0 Å². The van der Waals surface area contributed by atoms with E-state index in [2.05, 4.69) is 35.9 Å². The highest BCUT2D eigenvalue weighted by molar-refractivity contribution is 9.10. The van der Waals surface area contributed by atoms with Crippen molar-refractivity contribution in [2.24, 2.45) is 0 Å². The average molecular weight is 523 g/mol. The first kappa shape index (κ1) is 22.7. The fourth-order valence-corrected chi connectivity index (χ4v) is 3.53. The van der Waals surface area contributed by atoms with E-state index in [1.807, 2.05) is 0 Å². The van der Waals surface area contributed by atoms with Crippen molar-refractivity contribution < 1.29 is 27.0 Å². The molecule has 170 valence electrons. The SMILES string of the molecule is COc1cc(OCc2cncc(C(F)(F)F)c2)ccc1-c1[nH]c(-c2ccc(F)nc2)nc1Br. The van der Waals surface area contributed by atoms with Crippen LogP contribution < -0.4 is 9.47 Å². The van der Waals surface area contributed by atoms with Gasteiger partial charge in [0, 0.05) is 41.3 Å². The van der Waals surface area contributed by atoms with Crippen LogP contribution in [0, 0.1) is 5.95 Å². The Balaban J connectivity index is 1.56. The second-order valence-electron chi connectivity index (χ2n) is 6.85. The topological polar surface area (TPSA) is 72.9 Å². The fourth-order valence-electron chi connectivity index (χ4n) is 3.04. The van der Waals surface area contributed by atoms with Crippen LogP contribution in [0.5, 0.6) is 11.5 Å². The predicted octanol–water partition coefficient (Wildman–Crippen LogP) is 6.04. The monoisotopic (exact) mass is 522 g/mol. The minimum atomic E-state index is -4.48. The Kier molecular flexibility index (Phi) is 6.32. The predicted molar refractivity (Wildman–Crippen MR) is 115 cm³/mol. The van der Waals surface area contributed by atoms with Crippen molar-refractivity contribution in [2.75, 3.05) is 7.11 Å². The summed E-state index contributed by atoms with van der Waals surface area (Å²) in [6, 6.07) is 8.77. The molecule has 0 unspecified atom stereocenters. The molecule has 1 aromatic carbocycles. The Bertz CT molecular complexity index is 1280. The lowest BCUT2D eigenvalue weighted by Gasteiger charge is -2.12. The van der Waals surface area contributed by atoms with Gasteiger partial charge in [-0.15, -0.1) is 0 Å². The van der Waals surface area contributed by atoms with E-state index in [0.717, 1.165) is 12.3 Å². The molecule has 0 aliphatic rings.